The molecule has 27 heavy (non-hydrogen) atoms. The largest absolute Gasteiger partial charge is 0.464 e. The zero-order valence-electron chi connectivity index (χ0n) is 14.5. The molecule has 0 saturated carbocycles. The van der Waals surface area contributed by atoms with Gasteiger partial charge in [0.05, 0.1) is 11.1 Å². The Kier molecular flexibility index (Phi) is 3.76. The fraction of sp³-hybridized carbons (Fsp3) is 0.0476. The molecule has 0 unspecified atom stereocenters. The summed E-state index contributed by atoms with van der Waals surface area (Å²) in [6.07, 6.45) is 3.55. The van der Waals surface area contributed by atoms with Crippen molar-refractivity contribution in [2.24, 2.45) is 5.10 Å². The number of fused-ring (bicyclic) bond motifs is 2. The highest BCUT2D eigenvalue weighted by molar-refractivity contribution is 7.18. The summed E-state index contributed by atoms with van der Waals surface area (Å²) in [7, 11) is 0. The van der Waals surface area contributed by atoms with Gasteiger partial charge in [-0.05, 0) is 48.9 Å². The molecular formula is C21H15N3O2S. The van der Waals surface area contributed by atoms with Crippen LogP contribution >= 0.6 is 11.3 Å². The number of hydrazone groups is 1. The van der Waals surface area contributed by atoms with Crippen LogP contribution in [0, 0.1) is 0 Å². The molecule has 0 fully saturated rings. The van der Waals surface area contributed by atoms with E-state index in [2.05, 4.69) is 21.6 Å². The van der Waals surface area contributed by atoms with Gasteiger partial charge in [0, 0.05) is 17.0 Å². The van der Waals surface area contributed by atoms with Gasteiger partial charge in [0.2, 0.25) is 5.13 Å². The molecule has 0 spiro atoms. The van der Waals surface area contributed by atoms with Gasteiger partial charge in [0.15, 0.2) is 5.76 Å². The summed E-state index contributed by atoms with van der Waals surface area (Å²) in [4.78, 5) is 5.48. The Hall–Kier alpha value is -3.38. The Morgan fingerprint density at radius 3 is 2.85 bits per heavy atom. The minimum Gasteiger partial charge on any atom is -0.464 e. The first-order valence-corrected chi connectivity index (χ1v) is 9.31. The maximum absolute atomic E-state index is 5.83. The fourth-order valence-corrected chi connectivity index (χ4v) is 3.68. The number of aromatic nitrogens is 1. The zero-order valence-corrected chi connectivity index (χ0v) is 15.3. The van der Waals surface area contributed by atoms with Gasteiger partial charge in [-0.1, -0.05) is 29.5 Å². The number of furan rings is 2. The normalized spacial score (nSPS) is 12.1. The Labute approximate surface area is 159 Å². The van der Waals surface area contributed by atoms with Crippen LogP contribution in [-0.4, -0.2) is 10.7 Å². The van der Waals surface area contributed by atoms with Crippen LogP contribution in [-0.2, 0) is 0 Å². The molecule has 0 amide bonds. The predicted octanol–water partition coefficient (Wildman–Crippen LogP) is 6.14. The van der Waals surface area contributed by atoms with Crippen molar-refractivity contribution in [1.82, 2.24) is 4.98 Å². The van der Waals surface area contributed by atoms with Gasteiger partial charge in [-0.25, -0.2) is 4.98 Å². The second kappa shape index (κ2) is 6.41. The molecule has 0 atom stereocenters. The minimum atomic E-state index is 0.729. The molecule has 6 heteroatoms. The molecule has 0 radical (unpaired) electrons. The first kappa shape index (κ1) is 15.8. The summed E-state index contributed by atoms with van der Waals surface area (Å²) < 4.78 is 11.2. The van der Waals surface area contributed by atoms with Gasteiger partial charge in [-0.2, -0.15) is 5.10 Å². The second-order valence-electron chi connectivity index (χ2n) is 6.16. The Bertz CT molecular complexity index is 1250. The zero-order chi connectivity index (χ0) is 18.2. The van der Waals surface area contributed by atoms with Crippen molar-refractivity contribution in [3.63, 3.8) is 0 Å². The summed E-state index contributed by atoms with van der Waals surface area (Å²) in [5, 5.41) is 7.28. The number of anilines is 1. The second-order valence-corrected chi connectivity index (χ2v) is 7.19. The number of thiazole rings is 1. The van der Waals surface area contributed by atoms with E-state index in [1.54, 1.807) is 17.6 Å². The van der Waals surface area contributed by atoms with Gasteiger partial charge in [0.25, 0.3) is 0 Å². The third kappa shape index (κ3) is 3.00. The summed E-state index contributed by atoms with van der Waals surface area (Å²) in [6, 6.07) is 18.0. The monoisotopic (exact) mass is 373 g/mol. The van der Waals surface area contributed by atoms with Crippen molar-refractivity contribution in [3.05, 3.63) is 72.8 Å². The van der Waals surface area contributed by atoms with Crippen molar-refractivity contribution in [2.75, 3.05) is 5.43 Å². The highest BCUT2D eigenvalue weighted by Crippen LogP contribution is 2.31. The molecule has 0 bridgehead atoms. The van der Waals surface area contributed by atoms with Gasteiger partial charge in [-0.15, -0.1) is 0 Å². The number of rotatable bonds is 4. The van der Waals surface area contributed by atoms with E-state index >= 15 is 0 Å². The molecule has 3 aromatic heterocycles. The van der Waals surface area contributed by atoms with Crippen molar-refractivity contribution >= 4 is 44.1 Å². The predicted molar refractivity (Wildman–Crippen MR) is 109 cm³/mol. The SMILES string of the molecule is C/C(=N\Nc1ncc(-c2ccc3occc3c2)s1)c1cc2ccccc2o1. The lowest BCUT2D eigenvalue weighted by atomic mass is 10.1. The first-order valence-electron chi connectivity index (χ1n) is 8.49. The van der Waals surface area contributed by atoms with Crippen LogP contribution in [0.1, 0.15) is 12.7 Å². The molecule has 0 aliphatic heterocycles. The van der Waals surface area contributed by atoms with E-state index in [4.69, 9.17) is 8.83 Å². The lowest BCUT2D eigenvalue weighted by Gasteiger charge is -1.98. The van der Waals surface area contributed by atoms with Gasteiger partial charge in [0.1, 0.15) is 16.9 Å². The Morgan fingerprint density at radius 1 is 1.04 bits per heavy atom. The molecule has 0 saturated heterocycles. The highest BCUT2D eigenvalue weighted by atomic mass is 32.1. The number of nitrogens with one attached hydrogen (secondary N) is 1. The maximum atomic E-state index is 5.83. The molecule has 0 aliphatic rings. The van der Waals surface area contributed by atoms with Gasteiger partial charge in [-0.3, -0.25) is 5.43 Å². The lowest BCUT2D eigenvalue weighted by molar-refractivity contribution is 0.604. The lowest BCUT2D eigenvalue weighted by Crippen LogP contribution is -1.97. The average molecular weight is 373 g/mol. The van der Waals surface area contributed by atoms with Crippen LogP contribution in [0.4, 0.5) is 5.13 Å². The van der Waals surface area contributed by atoms with Crippen LogP contribution in [0.2, 0.25) is 0 Å². The van der Waals surface area contributed by atoms with E-state index in [1.807, 2.05) is 61.7 Å². The smallest absolute Gasteiger partial charge is 0.203 e. The first-order chi connectivity index (χ1) is 13.3. The van der Waals surface area contributed by atoms with E-state index in [0.29, 0.717) is 0 Å². The summed E-state index contributed by atoms with van der Waals surface area (Å²) in [5.41, 5.74) is 6.63. The fourth-order valence-electron chi connectivity index (χ4n) is 2.93. The van der Waals surface area contributed by atoms with Crippen LogP contribution in [0.3, 0.4) is 0 Å². The number of benzene rings is 2. The van der Waals surface area contributed by atoms with E-state index in [-0.39, 0.29) is 0 Å². The van der Waals surface area contributed by atoms with Gasteiger partial charge >= 0.3 is 0 Å². The molecule has 5 aromatic rings. The van der Waals surface area contributed by atoms with E-state index in [0.717, 1.165) is 49.0 Å². The summed E-state index contributed by atoms with van der Waals surface area (Å²) in [5.74, 6) is 0.742. The summed E-state index contributed by atoms with van der Waals surface area (Å²) in [6.45, 7) is 1.91. The molecular weight excluding hydrogens is 358 g/mol. The number of hydrogen-bond acceptors (Lipinski definition) is 6. The third-order valence-electron chi connectivity index (χ3n) is 4.34. The minimum absolute atomic E-state index is 0.729. The number of hydrogen-bond donors (Lipinski definition) is 1. The average Bonchev–Trinajstić information content (AvgIpc) is 3.44. The molecule has 3 heterocycles. The van der Waals surface area contributed by atoms with E-state index in [1.165, 1.54) is 0 Å². The van der Waals surface area contributed by atoms with Crippen LogP contribution in [0.25, 0.3) is 32.4 Å². The van der Waals surface area contributed by atoms with E-state index in [9.17, 15) is 0 Å². The Morgan fingerprint density at radius 2 is 1.93 bits per heavy atom. The molecule has 0 aliphatic carbocycles. The molecule has 1 N–H and O–H groups in total. The molecule has 132 valence electrons. The number of para-hydroxylation sites is 1. The highest BCUT2D eigenvalue weighted by Gasteiger charge is 2.08. The maximum Gasteiger partial charge on any atom is 0.203 e. The molecule has 2 aromatic carbocycles. The van der Waals surface area contributed by atoms with Crippen LogP contribution < -0.4 is 5.43 Å². The molecule has 5 nitrogen and oxygen atoms in total. The molecule has 5 rings (SSSR count). The number of nitrogens with zero attached hydrogens (tertiary/aromatic N) is 2. The Balaban J connectivity index is 1.37. The van der Waals surface area contributed by atoms with Crippen molar-refractivity contribution in [3.8, 4) is 10.4 Å². The van der Waals surface area contributed by atoms with Crippen molar-refractivity contribution in [1.29, 1.82) is 0 Å². The van der Waals surface area contributed by atoms with Gasteiger partial charge < -0.3 is 8.83 Å². The van der Waals surface area contributed by atoms with Crippen molar-refractivity contribution < 1.29 is 8.83 Å². The van der Waals surface area contributed by atoms with Crippen molar-refractivity contribution in [2.45, 2.75) is 6.92 Å². The topological polar surface area (TPSA) is 63.6 Å². The van der Waals surface area contributed by atoms with Crippen LogP contribution in [0.15, 0.2) is 81.0 Å². The third-order valence-corrected chi connectivity index (χ3v) is 5.30. The summed E-state index contributed by atoms with van der Waals surface area (Å²) >= 11 is 1.55. The van der Waals surface area contributed by atoms with Crippen LogP contribution in [0.5, 0.6) is 0 Å². The quantitative estimate of drug-likeness (QED) is 0.304. The van der Waals surface area contributed by atoms with E-state index < -0.39 is 0 Å². The standard InChI is InChI=1S/C21H15N3O2S/c1-13(19-11-14-4-2-3-5-18(14)26-19)23-24-21-22-12-20(27-21)16-6-7-17-15(10-16)8-9-25-17/h2-12H,1H3,(H,22,24)/b23-13+.